The molecule has 0 aromatic carbocycles. The summed E-state index contributed by atoms with van der Waals surface area (Å²) in [4.78, 5) is 8.56. The van der Waals surface area contributed by atoms with Gasteiger partial charge >= 0.3 is 0 Å². The Morgan fingerprint density at radius 3 is 3.07 bits per heavy atom. The molecule has 0 aliphatic carbocycles. The Hall–Kier alpha value is -1.42. The van der Waals surface area contributed by atoms with Gasteiger partial charge in [-0.2, -0.15) is 0 Å². The maximum absolute atomic E-state index is 5.44. The number of hydrogen-bond donors (Lipinski definition) is 1. The zero-order valence-corrected chi connectivity index (χ0v) is 8.06. The normalized spacial score (nSPS) is 10.9. The fraction of sp³-hybridized carbons (Fsp3) is 0.400. The molecule has 0 fully saturated rings. The molecule has 4 nitrogen and oxygen atoms in total. The highest BCUT2D eigenvalue weighted by Gasteiger charge is 2.01. The summed E-state index contributed by atoms with van der Waals surface area (Å²) in [5.74, 6) is 0. The summed E-state index contributed by atoms with van der Waals surface area (Å²) in [6.07, 6.45) is 5.77. The highest BCUT2D eigenvalue weighted by atomic mass is 15.1. The molecule has 0 saturated carbocycles. The second kappa shape index (κ2) is 4.19. The van der Waals surface area contributed by atoms with Crippen molar-refractivity contribution in [2.24, 2.45) is 5.73 Å². The van der Waals surface area contributed by atoms with E-state index in [4.69, 9.17) is 5.73 Å². The lowest BCUT2D eigenvalue weighted by Crippen LogP contribution is -2.02. The number of aryl methyl sites for hydroxylation is 1. The van der Waals surface area contributed by atoms with Crippen molar-refractivity contribution in [2.45, 2.75) is 19.4 Å². The maximum atomic E-state index is 5.44. The summed E-state index contributed by atoms with van der Waals surface area (Å²) < 4.78 is 2.07. The first-order valence-corrected chi connectivity index (χ1v) is 4.88. The van der Waals surface area contributed by atoms with Gasteiger partial charge in [0, 0.05) is 12.7 Å². The van der Waals surface area contributed by atoms with E-state index in [1.807, 2.05) is 18.5 Å². The van der Waals surface area contributed by atoms with Crippen LogP contribution in [0.5, 0.6) is 0 Å². The van der Waals surface area contributed by atoms with Crippen LogP contribution in [0.3, 0.4) is 0 Å². The molecule has 0 aliphatic rings. The number of nitrogens with two attached hydrogens (primary N) is 1. The van der Waals surface area contributed by atoms with E-state index in [1.165, 1.54) is 0 Å². The highest BCUT2D eigenvalue weighted by molar-refractivity contribution is 5.69. The highest BCUT2D eigenvalue weighted by Crippen LogP contribution is 2.09. The number of fused-ring (bicyclic) bond motifs is 1. The number of imidazole rings is 1. The quantitative estimate of drug-likeness (QED) is 0.736. The van der Waals surface area contributed by atoms with Gasteiger partial charge < -0.3 is 10.3 Å². The van der Waals surface area contributed by atoms with Crippen LogP contribution >= 0.6 is 0 Å². The lowest BCUT2D eigenvalue weighted by atomic mass is 10.3. The molecule has 0 radical (unpaired) electrons. The van der Waals surface area contributed by atoms with Crippen molar-refractivity contribution in [3.8, 4) is 0 Å². The van der Waals surface area contributed by atoms with E-state index in [9.17, 15) is 0 Å². The van der Waals surface area contributed by atoms with Crippen molar-refractivity contribution in [1.29, 1.82) is 0 Å². The number of nitrogens with zero attached hydrogens (tertiary/aromatic N) is 3. The lowest BCUT2D eigenvalue weighted by Gasteiger charge is -2.01. The van der Waals surface area contributed by atoms with Crippen molar-refractivity contribution in [3.05, 3.63) is 24.7 Å². The number of rotatable bonds is 4. The van der Waals surface area contributed by atoms with Crippen LogP contribution < -0.4 is 5.73 Å². The third-order valence-corrected chi connectivity index (χ3v) is 2.23. The Morgan fingerprint density at radius 2 is 2.21 bits per heavy atom. The summed E-state index contributed by atoms with van der Waals surface area (Å²) in [6.45, 7) is 1.70. The van der Waals surface area contributed by atoms with Gasteiger partial charge in [0.05, 0.1) is 6.33 Å². The average molecular weight is 190 g/mol. The van der Waals surface area contributed by atoms with E-state index in [2.05, 4.69) is 14.5 Å². The van der Waals surface area contributed by atoms with Crippen LogP contribution in [0, 0.1) is 0 Å². The van der Waals surface area contributed by atoms with E-state index in [0.29, 0.717) is 0 Å². The second-order valence-electron chi connectivity index (χ2n) is 3.28. The van der Waals surface area contributed by atoms with Crippen LogP contribution in [0.15, 0.2) is 24.7 Å². The van der Waals surface area contributed by atoms with Gasteiger partial charge in [0.25, 0.3) is 0 Å². The van der Waals surface area contributed by atoms with E-state index in [0.717, 1.165) is 37.1 Å². The first-order valence-electron chi connectivity index (χ1n) is 4.88. The lowest BCUT2D eigenvalue weighted by molar-refractivity contribution is 0.623. The molecule has 2 aromatic heterocycles. The molecule has 0 spiro atoms. The minimum absolute atomic E-state index is 0.750. The molecule has 0 bridgehead atoms. The van der Waals surface area contributed by atoms with Crippen LogP contribution in [0.25, 0.3) is 11.2 Å². The Bertz CT molecular complexity index is 407. The Kier molecular flexibility index (Phi) is 2.74. The van der Waals surface area contributed by atoms with Gasteiger partial charge in [-0.3, -0.25) is 0 Å². The molecule has 0 aliphatic heterocycles. The summed E-state index contributed by atoms with van der Waals surface area (Å²) in [7, 11) is 0. The number of pyridine rings is 1. The van der Waals surface area contributed by atoms with Gasteiger partial charge in [0.1, 0.15) is 5.52 Å². The fourth-order valence-electron chi connectivity index (χ4n) is 1.49. The van der Waals surface area contributed by atoms with Crippen LogP contribution in [-0.2, 0) is 6.54 Å². The summed E-state index contributed by atoms with van der Waals surface area (Å²) in [5, 5.41) is 0. The van der Waals surface area contributed by atoms with Crippen molar-refractivity contribution < 1.29 is 0 Å². The number of hydrogen-bond acceptors (Lipinski definition) is 3. The Balaban J connectivity index is 2.17. The molecule has 14 heavy (non-hydrogen) atoms. The monoisotopic (exact) mass is 190 g/mol. The summed E-state index contributed by atoms with van der Waals surface area (Å²) in [6, 6.07) is 3.88. The fourth-order valence-corrected chi connectivity index (χ4v) is 1.49. The Labute approximate surface area is 82.8 Å². The molecule has 2 aromatic rings. The SMILES string of the molecule is NCCCCn1cnc2cccnc21. The predicted molar refractivity (Wildman–Crippen MR) is 55.8 cm³/mol. The molecule has 0 unspecified atom stereocenters. The van der Waals surface area contributed by atoms with Crippen LogP contribution in [0.4, 0.5) is 0 Å². The molecular weight excluding hydrogens is 176 g/mol. The van der Waals surface area contributed by atoms with Gasteiger partial charge in [0.2, 0.25) is 0 Å². The van der Waals surface area contributed by atoms with Crippen molar-refractivity contribution >= 4 is 11.2 Å². The molecule has 2 rings (SSSR count). The minimum Gasteiger partial charge on any atom is -0.330 e. The first kappa shape index (κ1) is 9.15. The van der Waals surface area contributed by atoms with Crippen molar-refractivity contribution in [3.63, 3.8) is 0 Å². The van der Waals surface area contributed by atoms with Gasteiger partial charge in [-0.25, -0.2) is 9.97 Å². The van der Waals surface area contributed by atoms with Crippen molar-refractivity contribution in [1.82, 2.24) is 14.5 Å². The van der Waals surface area contributed by atoms with Crippen molar-refractivity contribution in [2.75, 3.05) is 6.54 Å². The van der Waals surface area contributed by atoms with Gasteiger partial charge in [0.15, 0.2) is 5.65 Å². The van der Waals surface area contributed by atoms with E-state index in [-0.39, 0.29) is 0 Å². The Morgan fingerprint density at radius 1 is 1.29 bits per heavy atom. The topological polar surface area (TPSA) is 56.7 Å². The molecule has 74 valence electrons. The first-order chi connectivity index (χ1) is 6.92. The maximum Gasteiger partial charge on any atom is 0.159 e. The summed E-state index contributed by atoms with van der Waals surface area (Å²) >= 11 is 0. The molecule has 2 heterocycles. The summed E-state index contributed by atoms with van der Waals surface area (Å²) in [5.41, 5.74) is 7.36. The van der Waals surface area contributed by atoms with Crippen LogP contribution in [0.2, 0.25) is 0 Å². The molecule has 0 atom stereocenters. The standard InChI is InChI=1S/C10H14N4/c11-5-1-2-7-14-8-13-9-4-3-6-12-10(9)14/h3-4,6,8H,1-2,5,7,11H2. The van der Waals surface area contributed by atoms with E-state index >= 15 is 0 Å². The molecule has 2 N–H and O–H groups in total. The van der Waals surface area contributed by atoms with E-state index in [1.54, 1.807) is 6.20 Å². The predicted octanol–water partition coefficient (Wildman–Crippen LogP) is 1.17. The zero-order valence-electron chi connectivity index (χ0n) is 8.06. The average Bonchev–Trinajstić information content (AvgIpc) is 2.63. The van der Waals surface area contributed by atoms with Gasteiger partial charge in [-0.15, -0.1) is 0 Å². The molecule has 0 amide bonds. The molecule has 4 heteroatoms. The van der Waals surface area contributed by atoms with E-state index < -0.39 is 0 Å². The number of unbranched alkanes of at least 4 members (excludes halogenated alkanes) is 1. The van der Waals surface area contributed by atoms with Crippen LogP contribution in [0.1, 0.15) is 12.8 Å². The largest absolute Gasteiger partial charge is 0.330 e. The van der Waals surface area contributed by atoms with Crippen LogP contribution in [-0.4, -0.2) is 21.1 Å². The van der Waals surface area contributed by atoms with Gasteiger partial charge in [-0.05, 0) is 31.5 Å². The molecular formula is C10H14N4. The zero-order chi connectivity index (χ0) is 9.80. The second-order valence-corrected chi connectivity index (χ2v) is 3.28. The third-order valence-electron chi connectivity index (χ3n) is 2.23. The molecule has 0 saturated heterocycles. The number of aromatic nitrogens is 3. The third kappa shape index (κ3) is 1.75. The minimum atomic E-state index is 0.750. The smallest absolute Gasteiger partial charge is 0.159 e. The van der Waals surface area contributed by atoms with Gasteiger partial charge in [-0.1, -0.05) is 0 Å².